The summed E-state index contributed by atoms with van der Waals surface area (Å²) in [6.45, 7) is 0.113. The Labute approximate surface area is 124 Å². The van der Waals surface area contributed by atoms with E-state index in [0.717, 1.165) is 18.3 Å². The molecular weight excluding hydrogens is 294 g/mol. The quantitative estimate of drug-likeness (QED) is 0.700. The first-order chi connectivity index (χ1) is 10.6. The molecule has 0 bridgehead atoms. The summed E-state index contributed by atoms with van der Waals surface area (Å²) < 4.78 is 36.4. The Kier molecular flexibility index (Phi) is 3.69. The number of carbonyl (C=O) groups excluding carboxylic acids is 1. The summed E-state index contributed by atoms with van der Waals surface area (Å²) >= 11 is 0. The summed E-state index contributed by atoms with van der Waals surface area (Å²) in [4.78, 5) is 11.9. The van der Waals surface area contributed by atoms with Gasteiger partial charge in [-0.3, -0.25) is 4.79 Å². The van der Waals surface area contributed by atoms with Gasteiger partial charge in [-0.15, -0.1) is 0 Å². The van der Waals surface area contributed by atoms with Crippen molar-refractivity contribution in [2.24, 2.45) is 5.10 Å². The normalized spacial score (nSPS) is 12.6. The van der Waals surface area contributed by atoms with Gasteiger partial charge in [0.25, 0.3) is 5.91 Å². The van der Waals surface area contributed by atoms with Crippen LogP contribution >= 0.6 is 0 Å². The molecule has 0 atom stereocenters. The van der Waals surface area contributed by atoms with Crippen LogP contribution in [-0.4, -0.2) is 18.9 Å². The summed E-state index contributed by atoms with van der Waals surface area (Å²) in [6, 6.07) is 7.75. The first-order valence-electron chi connectivity index (χ1n) is 6.31. The zero-order valence-corrected chi connectivity index (χ0v) is 11.2. The number of nitrogens with one attached hydrogen (secondary N) is 1. The van der Waals surface area contributed by atoms with Crippen molar-refractivity contribution in [3.05, 3.63) is 59.2 Å². The molecule has 0 saturated carbocycles. The number of fused-ring (bicyclic) bond motifs is 1. The average Bonchev–Trinajstić information content (AvgIpc) is 2.96. The molecule has 0 spiro atoms. The highest BCUT2D eigenvalue weighted by Crippen LogP contribution is 2.32. The second-order valence-corrected chi connectivity index (χ2v) is 4.43. The van der Waals surface area contributed by atoms with Gasteiger partial charge in [-0.25, -0.2) is 14.2 Å². The molecule has 1 N–H and O–H groups in total. The van der Waals surface area contributed by atoms with E-state index in [1.165, 1.54) is 12.1 Å². The molecule has 0 radical (unpaired) electrons. The molecule has 22 heavy (non-hydrogen) atoms. The summed E-state index contributed by atoms with van der Waals surface area (Å²) in [7, 11) is 0. The van der Waals surface area contributed by atoms with Gasteiger partial charge >= 0.3 is 0 Å². The van der Waals surface area contributed by atoms with Crippen LogP contribution in [0.5, 0.6) is 11.5 Å². The number of hydrogen-bond donors (Lipinski definition) is 1. The number of halogens is 2. The van der Waals surface area contributed by atoms with Crippen molar-refractivity contribution in [2.45, 2.75) is 0 Å². The van der Waals surface area contributed by atoms with E-state index in [2.05, 4.69) is 10.5 Å². The predicted octanol–water partition coefficient (Wildman–Crippen LogP) is 2.46. The summed E-state index contributed by atoms with van der Waals surface area (Å²) in [5.41, 5.74) is 2.64. The Balaban J connectivity index is 1.68. The van der Waals surface area contributed by atoms with Crippen LogP contribution in [-0.2, 0) is 0 Å². The zero-order valence-electron chi connectivity index (χ0n) is 11.2. The monoisotopic (exact) mass is 304 g/mol. The summed E-state index contributed by atoms with van der Waals surface area (Å²) in [5, 5.41) is 3.64. The fourth-order valence-corrected chi connectivity index (χ4v) is 1.87. The maximum absolute atomic E-state index is 13.4. The highest BCUT2D eigenvalue weighted by molar-refractivity contribution is 5.95. The first kappa shape index (κ1) is 14.0. The molecule has 2 aromatic rings. The Hall–Kier alpha value is -2.96. The van der Waals surface area contributed by atoms with Crippen LogP contribution in [0, 0.1) is 11.6 Å². The van der Waals surface area contributed by atoms with Crippen LogP contribution < -0.4 is 14.9 Å². The van der Waals surface area contributed by atoms with Crippen LogP contribution in [0.25, 0.3) is 0 Å². The van der Waals surface area contributed by atoms with Gasteiger partial charge in [0.15, 0.2) is 11.5 Å². The fourth-order valence-electron chi connectivity index (χ4n) is 1.87. The van der Waals surface area contributed by atoms with Crippen molar-refractivity contribution in [3.63, 3.8) is 0 Å². The van der Waals surface area contributed by atoms with Crippen molar-refractivity contribution < 1.29 is 23.0 Å². The molecule has 1 heterocycles. The molecule has 1 aliphatic rings. The van der Waals surface area contributed by atoms with Gasteiger partial charge < -0.3 is 9.47 Å². The number of nitrogens with zero attached hydrogens (tertiary/aromatic N) is 1. The van der Waals surface area contributed by atoms with Gasteiger partial charge in [0.05, 0.1) is 6.21 Å². The molecule has 0 fully saturated rings. The van der Waals surface area contributed by atoms with Gasteiger partial charge in [-0.1, -0.05) is 0 Å². The number of ether oxygens (including phenoxy) is 2. The fraction of sp³-hybridized carbons (Fsp3) is 0.0667. The lowest BCUT2D eigenvalue weighted by molar-refractivity contribution is 0.0954. The molecule has 0 aromatic heterocycles. The van der Waals surface area contributed by atoms with E-state index in [1.54, 1.807) is 12.1 Å². The van der Waals surface area contributed by atoms with Gasteiger partial charge in [-0.2, -0.15) is 5.10 Å². The molecule has 7 heteroatoms. The predicted molar refractivity (Wildman–Crippen MR) is 74.0 cm³/mol. The lowest BCUT2D eigenvalue weighted by atomic mass is 10.2. The molecule has 2 aromatic carbocycles. The van der Waals surface area contributed by atoms with Crippen molar-refractivity contribution in [3.8, 4) is 11.5 Å². The highest BCUT2D eigenvalue weighted by atomic mass is 19.1. The molecule has 3 rings (SSSR count). The van der Waals surface area contributed by atoms with Gasteiger partial charge in [-0.05, 0) is 30.3 Å². The Morgan fingerprint density at radius 1 is 1.14 bits per heavy atom. The van der Waals surface area contributed by atoms with Crippen molar-refractivity contribution in [1.82, 2.24) is 5.43 Å². The maximum atomic E-state index is 13.4. The molecular formula is C15H10F2N2O3. The third-order valence-electron chi connectivity index (χ3n) is 2.97. The minimum Gasteiger partial charge on any atom is -0.454 e. The van der Waals surface area contributed by atoms with E-state index in [4.69, 9.17) is 9.47 Å². The number of hydrazone groups is 1. The van der Waals surface area contributed by atoms with E-state index < -0.39 is 17.5 Å². The molecule has 0 aliphatic carbocycles. The molecule has 0 unspecified atom stereocenters. The average molecular weight is 304 g/mol. The van der Waals surface area contributed by atoms with Crippen LogP contribution in [0.15, 0.2) is 41.5 Å². The lowest BCUT2D eigenvalue weighted by Crippen LogP contribution is -2.17. The van der Waals surface area contributed by atoms with Crippen molar-refractivity contribution in [1.29, 1.82) is 0 Å². The number of rotatable bonds is 3. The summed E-state index contributed by atoms with van der Waals surface area (Å²) in [6.07, 6.45) is 1.10. The van der Waals surface area contributed by atoms with E-state index in [-0.39, 0.29) is 12.4 Å². The van der Waals surface area contributed by atoms with Crippen molar-refractivity contribution in [2.75, 3.05) is 6.79 Å². The Morgan fingerprint density at radius 2 is 1.95 bits per heavy atom. The SMILES string of the molecule is O=C(N/N=C\c1ccc(F)cc1F)c1ccc2c(c1)OCO2. The second-order valence-electron chi connectivity index (χ2n) is 4.43. The van der Waals surface area contributed by atoms with Crippen LogP contribution in [0.3, 0.4) is 0 Å². The third kappa shape index (κ3) is 2.88. The standard InChI is InChI=1S/C15H10F2N2O3/c16-11-3-1-10(12(17)6-11)7-18-19-15(20)9-2-4-13-14(5-9)22-8-21-13/h1-7H,8H2,(H,19,20)/b18-7-. The van der Waals surface area contributed by atoms with E-state index in [0.29, 0.717) is 17.1 Å². The topological polar surface area (TPSA) is 59.9 Å². The van der Waals surface area contributed by atoms with Crippen LogP contribution in [0.1, 0.15) is 15.9 Å². The summed E-state index contributed by atoms with van der Waals surface area (Å²) in [5.74, 6) is -0.896. The van der Waals surface area contributed by atoms with Crippen LogP contribution in [0.4, 0.5) is 8.78 Å². The smallest absolute Gasteiger partial charge is 0.271 e. The van der Waals surface area contributed by atoms with Crippen LogP contribution in [0.2, 0.25) is 0 Å². The van der Waals surface area contributed by atoms with E-state index in [1.807, 2.05) is 0 Å². The lowest BCUT2D eigenvalue weighted by Gasteiger charge is -2.02. The van der Waals surface area contributed by atoms with Gasteiger partial charge in [0.1, 0.15) is 11.6 Å². The Morgan fingerprint density at radius 3 is 2.77 bits per heavy atom. The maximum Gasteiger partial charge on any atom is 0.271 e. The molecule has 1 amide bonds. The minimum atomic E-state index is -0.763. The van der Waals surface area contributed by atoms with E-state index >= 15 is 0 Å². The van der Waals surface area contributed by atoms with Crippen molar-refractivity contribution >= 4 is 12.1 Å². The third-order valence-corrected chi connectivity index (χ3v) is 2.97. The van der Waals surface area contributed by atoms with Gasteiger partial charge in [0, 0.05) is 17.2 Å². The number of hydrogen-bond acceptors (Lipinski definition) is 4. The molecule has 112 valence electrons. The number of benzene rings is 2. The zero-order chi connectivity index (χ0) is 15.5. The molecule has 1 aliphatic heterocycles. The largest absolute Gasteiger partial charge is 0.454 e. The van der Waals surface area contributed by atoms with Gasteiger partial charge in [0.2, 0.25) is 6.79 Å². The molecule has 5 nitrogen and oxygen atoms in total. The second kappa shape index (κ2) is 5.80. The van der Waals surface area contributed by atoms with E-state index in [9.17, 15) is 13.6 Å². The molecule has 0 saturated heterocycles. The Bertz CT molecular complexity index is 762. The number of amides is 1. The minimum absolute atomic E-state index is 0.0624. The first-order valence-corrected chi connectivity index (χ1v) is 6.31. The highest BCUT2D eigenvalue weighted by Gasteiger charge is 2.15. The number of carbonyl (C=O) groups is 1.